The lowest BCUT2D eigenvalue weighted by atomic mass is 10.0. The molecule has 4 aromatic rings. The highest BCUT2D eigenvalue weighted by Crippen LogP contribution is 2.26. The Balaban J connectivity index is 1.35. The minimum absolute atomic E-state index is 0.149. The van der Waals surface area contributed by atoms with Crippen molar-refractivity contribution in [2.75, 3.05) is 0 Å². The van der Waals surface area contributed by atoms with Crippen molar-refractivity contribution in [3.63, 3.8) is 0 Å². The Bertz CT molecular complexity index is 1440. The molecule has 0 saturated carbocycles. The summed E-state index contributed by atoms with van der Waals surface area (Å²) in [5, 5.41) is 2.23. The molecule has 0 radical (unpaired) electrons. The summed E-state index contributed by atoms with van der Waals surface area (Å²) in [5.41, 5.74) is 3.16. The third-order valence-corrected chi connectivity index (χ3v) is 7.35. The molecule has 0 aliphatic rings. The molecular formula is C35H37ClO4. The molecule has 4 aromatic carbocycles. The van der Waals surface area contributed by atoms with Crippen LogP contribution in [-0.4, -0.2) is 11.9 Å². The number of esters is 2. The molecule has 0 N–H and O–H groups in total. The fourth-order valence-electron chi connectivity index (χ4n) is 4.67. The molecule has 0 aromatic heterocycles. The minimum atomic E-state index is -0.570. The van der Waals surface area contributed by atoms with Gasteiger partial charge in [-0.15, -0.1) is 0 Å². The van der Waals surface area contributed by atoms with Gasteiger partial charge in [-0.3, -0.25) is 0 Å². The second-order valence-corrected chi connectivity index (χ2v) is 10.6. The van der Waals surface area contributed by atoms with E-state index in [1.54, 1.807) is 24.3 Å². The molecule has 0 spiro atoms. The Labute approximate surface area is 242 Å². The number of ether oxygens (including phenoxy) is 2. The third-order valence-electron chi connectivity index (χ3n) is 7.03. The molecular weight excluding hydrogens is 520 g/mol. The molecule has 0 aliphatic heterocycles. The zero-order chi connectivity index (χ0) is 28.3. The number of aryl methyl sites for hydroxylation is 2. The van der Waals surface area contributed by atoms with Crippen molar-refractivity contribution in [2.24, 2.45) is 0 Å². The zero-order valence-electron chi connectivity index (χ0n) is 23.4. The van der Waals surface area contributed by atoms with Gasteiger partial charge in [-0.2, -0.15) is 0 Å². The maximum atomic E-state index is 12.9. The molecule has 0 aliphatic carbocycles. The topological polar surface area (TPSA) is 52.6 Å². The van der Waals surface area contributed by atoms with Gasteiger partial charge >= 0.3 is 11.9 Å². The molecule has 4 rings (SSSR count). The second kappa shape index (κ2) is 14.7. The summed E-state index contributed by atoms with van der Waals surface area (Å²) in [6.45, 7) is 4.38. The third kappa shape index (κ3) is 8.19. The SMILES string of the molecule is CCCCCCCc1ccc2cc(C(=O)Oc3ccc(C(=O)Oc4ccc(CCCC)cc4)c(Cl)c3)ccc2c1. The van der Waals surface area contributed by atoms with Gasteiger partial charge < -0.3 is 9.47 Å². The number of hydrogen-bond donors (Lipinski definition) is 0. The molecule has 0 atom stereocenters. The van der Waals surface area contributed by atoms with Gasteiger partial charge in [-0.1, -0.05) is 94.0 Å². The summed E-state index contributed by atoms with van der Waals surface area (Å²) < 4.78 is 11.0. The van der Waals surface area contributed by atoms with Crippen LogP contribution in [-0.2, 0) is 12.8 Å². The summed E-state index contributed by atoms with van der Waals surface area (Å²) in [6, 6.07) is 24.0. The van der Waals surface area contributed by atoms with Crippen LogP contribution in [0.1, 0.15) is 90.6 Å². The van der Waals surface area contributed by atoms with E-state index < -0.39 is 11.9 Å². The predicted molar refractivity (Wildman–Crippen MR) is 163 cm³/mol. The smallest absolute Gasteiger partial charge is 0.345 e. The standard InChI is InChI=1S/C35H37ClO4/c1-3-5-7-8-9-11-26-12-15-28-23-29(17-16-27(28)22-26)34(37)40-31-20-21-32(33(36)24-31)35(38)39-30-18-13-25(14-19-30)10-6-4-2/h12-24H,3-11H2,1-2H3. The molecule has 0 heterocycles. The first kappa shape index (κ1) is 29.4. The van der Waals surface area contributed by atoms with E-state index in [2.05, 4.69) is 32.0 Å². The maximum Gasteiger partial charge on any atom is 0.345 e. The minimum Gasteiger partial charge on any atom is -0.423 e. The highest BCUT2D eigenvalue weighted by molar-refractivity contribution is 6.33. The van der Waals surface area contributed by atoms with Gasteiger partial charge in [0.15, 0.2) is 0 Å². The van der Waals surface area contributed by atoms with Gasteiger partial charge in [0.25, 0.3) is 0 Å². The predicted octanol–water partition coefficient (Wildman–Crippen LogP) is 9.79. The lowest BCUT2D eigenvalue weighted by molar-refractivity contribution is 0.0730. The normalized spacial score (nSPS) is 11.0. The largest absolute Gasteiger partial charge is 0.423 e. The lowest BCUT2D eigenvalue weighted by Crippen LogP contribution is -2.11. The number of rotatable bonds is 13. The van der Waals surface area contributed by atoms with E-state index in [1.807, 2.05) is 24.3 Å². The van der Waals surface area contributed by atoms with E-state index >= 15 is 0 Å². The van der Waals surface area contributed by atoms with E-state index in [9.17, 15) is 9.59 Å². The first-order valence-electron chi connectivity index (χ1n) is 14.3. The number of halogens is 1. The maximum absolute atomic E-state index is 12.9. The van der Waals surface area contributed by atoms with E-state index in [4.69, 9.17) is 21.1 Å². The van der Waals surface area contributed by atoms with Gasteiger partial charge in [0.2, 0.25) is 0 Å². The lowest BCUT2D eigenvalue weighted by Gasteiger charge is -2.10. The molecule has 4 nitrogen and oxygen atoms in total. The Morgan fingerprint density at radius 3 is 1.98 bits per heavy atom. The summed E-state index contributed by atoms with van der Waals surface area (Å²) in [4.78, 5) is 25.5. The summed E-state index contributed by atoms with van der Waals surface area (Å²) >= 11 is 6.36. The first-order chi connectivity index (χ1) is 19.5. The molecule has 0 bridgehead atoms. The number of hydrogen-bond acceptors (Lipinski definition) is 4. The number of carbonyl (C=O) groups is 2. The quantitative estimate of drug-likeness (QED) is 0.0933. The van der Waals surface area contributed by atoms with Crippen LogP contribution in [0.15, 0.2) is 78.9 Å². The van der Waals surface area contributed by atoms with E-state index in [0.717, 1.165) is 36.5 Å². The fraction of sp³-hybridized carbons (Fsp3) is 0.314. The van der Waals surface area contributed by atoms with Crippen LogP contribution in [0.2, 0.25) is 5.02 Å². The highest BCUT2D eigenvalue weighted by Gasteiger charge is 2.16. The van der Waals surface area contributed by atoms with Crippen LogP contribution in [0.5, 0.6) is 11.5 Å². The Hall–Kier alpha value is -3.63. The molecule has 40 heavy (non-hydrogen) atoms. The Kier molecular flexibility index (Phi) is 10.8. The number of unbranched alkanes of at least 4 members (excludes halogenated alkanes) is 5. The average molecular weight is 557 g/mol. The number of benzene rings is 4. The molecule has 5 heteroatoms. The molecule has 0 fully saturated rings. The second-order valence-electron chi connectivity index (χ2n) is 10.2. The van der Waals surface area contributed by atoms with Crippen molar-refractivity contribution in [2.45, 2.75) is 71.6 Å². The zero-order valence-corrected chi connectivity index (χ0v) is 24.1. The van der Waals surface area contributed by atoms with Crippen LogP contribution in [0.4, 0.5) is 0 Å². The van der Waals surface area contributed by atoms with Crippen LogP contribution in [0.25, 0.3) is 10.8 Å². The van der Waals surface area contributed by atoms with Crippen molar-refractivity contribution in [1.82, 2.24) is 0 Å². The van der Waals surface area contributed by atoms with Crippen molar-refractivity contribution in [3.8, 4) is 11.5 Å². The molecule has 0 unspecified atom stereocenters. The number of fused-ring (bicyclic) bond motifs is 1. The first-order valence-corrected chi connectivity index (χ1v) is 14.7. The highest BCUT2D eigenvalue weighted by atomic mass is 35.5. The van der Waals surface area contributed by atoms with Gasteiger partial charge in [-0.25, -0.2) is 9.59 Å². The van der Waals surface area contributed by atoms with E-state index in [1.165, 1.54) is 55.4 Å². The van der Waals surface area contributed by atoms with E-state index in [0.29, 0.717) is 11.3 Å². The average Bonchev–Trinajstić information content (AvgIpc) is 2.96. The van der Waals surface area contributed by atoms with Crippen molar-refractivity contribution in [1.29, 1.82) is 0 Å². The van der Waals surface area contributed by atoms with Crippen LogP contribution in [0.3, 0.4) is 0 Å². The Morgan fingerprint density at radius 2 is 1.23 bits per heavy atom. The van der Waals surface area contributed by atoms with Gasteiger partial charge in [0, 0.05) is 6.07 Å². The fourth-order valence-corrected chi connectivity index (χ4v) is 4.92. The number of carbonyl (C=O) groups excluding carboxylic acids is 2. The summed E-state index contributed by atoms with van der Waals surface area (Å²) in [7, 11) is 0. The summed E-state index contributed by atoms with van der Waals surface area (Å²) in [5.74, 6) is -0.354. The van der Waals surface area contributed by atoms with Crippen LogP contribution in [0, 0.1) is 0 Å². The van der Waals surface area contributed by atoms with Crippen LogP contribution < -0.4 is 9.47 Å². The van der Waals surface area contributed by atoms with Crippen molar-refractivity contribution >= 4 is 34.3 Å². The molecule has 208 valence electrons. The van der Waals surface area contributed by atoms with Crippen molar-refractivity contribution < 1.29 is 19.1 Å². The summed E-state index contributed by atoms with van der Waals surface area (Å²) in [6.07, 6.45) is 10.6. The van der Waals surface area contributed by atoms with Gasteiger partial charge in [-0.05, 0) is 84.0 Å². The monoisotopic (exact) mass is 556 g/mol. The van der Waals surface area contributed by atoms with Gasteiger partial charge in [0.05, 0.1) is 16.1 Å². The Morgan fingerprint density at radius 1 is 0.600 bits per heavy atom. The van der Waals surface area contributed by atoms with E-state index in [-0.39, 0.29) is 16.3 Å². The molecule has 0 saturated heterocycles. The van der Waals surface area contributed by atoms with Crippen molar-refractivity contribution in [3.05, 3.63) is 106 Å². The molecule has 0 amide bonds. The van der Waals surface area contributed by atoms with Crippen LogP contribution >= 0.6 is 11.6 Å². The van der Waals surface area contributed by atoms with Gasteiger partial charge in [0.1, 0.15) is 11.5 Å².